The number of ether oxygens (including phenoxy) is 1. The zero-order valence-electron chi connectivity index (χ0n) is 8.54. The van der Waals surface area contributed by atoms with Gasteiger partial charge in [-0.15, -0.1) is 0 Å². The number of alkyl halides is 3. The van der Waals surface area contributed by atoms with E-state index in [4.69, 9.17) is 9.84 Å². The topological polar surface area (TPSA) is 75.2 Å². The van der Waals surface area contributed by atoms with E-state index in [-0.39, 0.29) is 30.7 Å². The van der Waals surface area contributed by atoms with Gasteiger partial charge >= 0.3 is 12.1 Å². The van der Waals surface area contributed by atoms with E-state index >= 15 is 0 Å². The SMILES string of the molecule is O=C(O)CC1OCCc2c(C(F)(F)F)n[nH]c21. The summed E-state index contributed by atoms with van der Waals surface area (Å²) in [6.45, 7) is 0.0631. The number of hydrogen-bond donors (Lipinski definition) is 2. The molecule has 0 saturated carbocycles. The highest BCUT2D eigenvalue weighted by molar-refractivity contribution is 5.67. The molecule has 5 nitrogen and oxygen atoms in total. The smallest absolute Gasteiger partial charge is 0.435 e. The van der Waals surface area contributed by atoms with Gasteiger partial charge in [0.1, 0.15) is 6.10 Å². The van der Waals surface area contributed by atoms with Crippen LogP contribution in [0, 0.1) is 0 Å². The Kier molecular flexibility index (Phi) is 2.82. The van der Waals surface area contributed by atoms with Crippen LogP contribution in [0.1, 0.15) is 29.5 Å². The zero-order chi connectivity index (χ0) is 12.6. The molecule has 0 bridgehead atoms. The maximum absolute atomic E-state index is 12.6. The van der Waals surface area contributed by atoms with Crippen LogP contribution in [0.3, 0.4) is 0 Å². The fraction of sp³-hybridized carbons (Fsp3) is 0.556. The summed E-state index contributed by atoms with van der Waals surface area (Å²) >= 11 is 0. The minimum absolute atomic E-state index is 0.00926. The number of aromatic nitrogens is 2. The third-order valence-corrected chi connectivity index (χ3v) is 2.52. The molecule has 94 valence electrons. The lowest BCUT2D eigenvalue weighted by atomic mass is 10.0. The van der Waals surface area contributed by atoms with Crippen LogP contribution in [0.4, 0.5) is 13.2 Å². The summed E-state index contributed by atoms with van der Waals surface area (Å²) in [7, 11) is 0. The second kappa shape index (κ2) is 4.02. The molecule has 2 heterocycles. The molecular formula is C9H9F3N2O3. The first-order chi connectivity index (χ1) is 7.89. The van der Waals surface area contributed by atoms with Crippen LogP contribution in [0.25, 0.3) is 0 Å². The fourth-order valence-corrected chi connectivity index (χ4v) is 1.84. The summed E-state index contributed by atoms with van der Waals surface area (Å²) in [6, 6.07) is 0. The average Bonchev–Trinajstić information content (AvgIpc) is 2.60. The summed E-state index contributed by atoms with van der Waals surface area (Å²) in [5.74, 6) is -1.13. The van der Waals surface area contributed by atoms with Crippen molar-refractivity contribution >= 4 is 5.97 Å². The molecule has 1 aromatic heterocycles. The lowest BCUT2D eigenvalue weighted by molar-refractivity contribution is -0.142. The Morgan fingerprint density at radius 3 is 2.88 bits per heavy atom. The maximum Gasteiger partial charge on any atom is 0.435 e. The van der Waals surface area contributed by atoms with Crippen molar-refractivity contribution in [1.82, 2.24) is 10.2 Å². The van der Waals surface area contributed by atoms with Gasteiger partial charge in [-0.05, 0) is 6.42 Å². The molecule has 0 aromatic carbocycles. The highest BCUT2D eigenvalue weighted by atomic mass is 19.4. The van der Waals surface area contributed by atoms with Crippen LogP contribution in [0.15, 0.2) is 0 Å². The molecular weight excluding hydrogens is 241 g/mol. The highest BCUT2D eigenvalue weighted by Crippen LogP contribution is 2.37. The van der Waals surface area contributed by atoms with E-state index in [1.165, 1.54) is 0 Å². The number of fused-ring (bicyclic) bond motifs is 1. The predicted octanol–water partition coefficient (Wildman–Crippen LogP) is 1.52. The predicted molar refractivity (Wildman–Crippen MR) is 48.2 cm³/mol. The molecule has 0 radical (unpaired) electrons. The first kappa shape index (κ1) is 11.9. The number of carboxylic acids is 1. The van der Waals surface area contributed by atoms with Crippen LogP contribution in [0.2, 0.25) is 0 Å². The number of carbonyl (C=O) groups is 1. The molecule has 17 heavy (non-hydrogen) atoms. The molecule has 1 unspecified atom stereocenters. The molecule has 2 rings (SSSR count). The molecule has 1 aliphatic rings. The van der Waals surface area contributed by atoms with Gasteiger partial charge in [0.05, 0.1) is 18.7 Å². The molecule has 1 aromatic rings. The van der Waals surface area contributed by atoms with E-state index in [1.54, 1.807) is 0 Å². The summed E-state index contributed by atoms with van der Waals surface area (Å²) in [5, 5.41) is 14.1. The van der Waals surface area contributed by atoms with E-state index in [0.717, 1.165) is 0 Å². The molecule has 2 N–H and O–H groups in total. The van der Waals surface area contributed by atoms with Gasteiger partial charge in [0.15, 0.2) is 5.69 Å². The van der Waals surface area contributed by atoms with Crippen molar-refractivity contribution in [3.63, 3.8) is 0 Å². The van der Waals surface area contributed by atoms with Crippen molar-refractivity contribution in [1.29, 1.82) is 0 Å². The Balaban J connectivity index is 2.35. The van der Waals surface area contributed by atoms with E-state index < -0.39 is 23.9 Å². The Morgan fingerprint density at radius 1 is 1.59 bits per heavy atom. The number of aliphatic carboxylic acids is 1. The maximum atomic E-state index is 12.6. The Morgan fingerprint density at radius 2 is 2.29 bits per heavy atom. The lowest BCUT2D eigenvalue weighted by Crippen LogP contribution is -2.20. The lowest BCUT2D eigenvalue weighted by Gasteiger charge is -2.21. The first-order valence-electron chi connectivity index (χ1n) is 4.87. The van der Waals surface area contributed by atoms with Gasteiger partial charge in [0.25, 0.3) is 0 Å². The number of rotatable bonds is 2. The highest BCUT2D eigenvalue weighted by Gasteiger charge is 2.40. The quantitative estimate of drug-likeness (QED) is 0.834. The van der Waals surface area contributed by atoms with Crippen LogP contribution >= 0.6 is 0 Å². The number of halogens is 3. The number of nitrogens with zero attached hydrogens (tertiary/aromatic N) is 1. The minimum atomic E-state index is -4.53. The van der Waals surface area contributed by atoms with Crippen molar-refractivity contribution in [3.05, 3.63) is 17.0 Å². The Bertz CT molecular complexity index is 441. The third-order valence-electron chi connectivity index (χ3n) is 2.52. The first-order valence-corrected chi connectivity index (χ1v) is 4.87. The minimum Gasteiger partial charge on any atom is -0.481 e. The van der Waals surface area contributed by atoms with E-state index in [9.17, 15) is 18.0 Å². The number of aromatic amines is 1. The molecule has 0 aliphatic carbocycles. The van der Waals surface area contributed by atoms with Gasteiger partial charge in [-0.3, -0.25) is 9.89 Å². The van der Waals surface area contributed by atoms with Gasteiger partial charge in [0.2, 0.25) is 0 Å². The molecule has 1 aliphatic heterocycles. The molecule has 0 fully saturated rings. The van der Waals surface area contributed by atoms with Crippen molar-refractivity contribution in [2.75, 3.05) is 6.61 Å². The number of H-pyrrole nitrogens is 1. The van der Waals surface area contributed by atoms with Crippen molar-refractivity contribution in [2.45, 2.75) is 25.1 Å². The molecule has 0 spiro atoms. The third kappa shape index (κ3) is 2.26. The molecule has 0 amide bonds. The summed E-state index contributed by atoms with van der Waals surface area (Å²) in [5.41, 5.74) is -0.854. The average molecular weight is 250 g/mol. The van der Waals surface area contributed by atoms with Gasteiger partial charge in [-0.2, -0.15) is 18.3 Å². The number of hydrogen-bond acceptors (Lipinski definition) is 3. The zero-order valence-corrected chi connectivity index (χ0v) is 8.54. The van der Waals surface area contributed by atoms with Crippen LogP contribution < -0.4 is 0 Å². The number of carboxylic acid groups (broad SMARTS) is 1. The molecule has 0 saturated heterocycles. The summed E-state index contributed by atoms with van der Waals surface area (Å²) in [6.07, 6.45) is -5.72. The second-order valence-electron chi connectivity index (χ2n) is 3.67. The van der Waals surface area contributed by atoms with Gasteiger partial charge in [-0.25, -0.2) is 0 Å². The number of nitrogens with one attached hydrogen (secondary N) is 1. The normalized spacial score (nSPS) is 20.1. The van der Waals surface area contributed by atoms with Gasteiger partial charge in [-0.1, -0.05) is 0 Å². The van der Waals surface area contributed by atoms with E-state index in [1.807, 2.05) is 0 Å². The monoisotopic (exact) mass is 250 g/mol. The van der Waals surface area contributed by atoms with Crippen molar-refractivity contribution < 1.29 is 27.8 Å². The van der Waals surface area contributed by atoms with Crippen molar-refractivity contribution in [3.8, 4) is 0 Å². The fourth-order valence-electron chi connectivity index (χ4n) is 1.84. The molecule has 8 heteroatoms. The van der Waals surface area contributed by atoms with Gasteiger partial charge < -0.3 is 9.84 Å². The van der Waals surface area contributed by atoms with E-state index in [0.29, 0.717) is 0 Å². The Labute approximate surface area is 93.6 Å². The van der Waals surface area contributed by atoms with Crippen LogP contribution in [0.5, 0.6) is 0 Å². The van der Waals surface area contributed by atoms with Gasteiger partial charge in [0, 0.05) is 5.56 Å². The standard InChI is InChI=1S/C9H9F3N2O3/c10-9(11,12)8-4-1-2-17-5(3-6(15)16)7(4)13-14-8/h5H,1-3H2,(H,13,14)(H,15,16). The van der Waals surface area contributed by atoms with Crippen molar-refractivity contribution in [2.24, 2.45) is 0 Å². The van der Waals surface area contributed by atoms with Crippen LogP contribution in [-0.4, -0.2) is 27.9 Å². The second-order valence-corrected chi connectivity index (χ2v) is 3.67. The van der Waals surface area contributed by atoms with E-state index in [2.05, 4.69) is 10.2 Å². The van der Waals surface area contributed by atoms with Crippen LogP contribution in [-0.2, 0) is 22.1 Å². The largest absolute Gasteiger partial charge is 0.481 e. The summed E-state index contributed by atoms with van der Waals surface area (Å²) in [4.78, 5) is 10.5. The summed E-state index contributed by atoms with van der Waals surface area (Å²) < 4.78 is 42.8. The molecule has 1 atom stereocenters. The Hall–Kier alpha value is -1.57.